The van der Waals surface area contributed by atoms with Gasteiger partial charge in [0.05, 0.1) is 11.3 Å². The maximum absolute atomic E-state index is 14.5. The summed E-state index contributed by atoms with van der Waals surface area (Å²) in [5.41, 5.74) is 3.43. The molecule has 11 heteroatoms. The van der Waals surface area contributed by atoms with Crippen molar-refractivity contribution in [2.24, 2.45) is 10.5 Å². The molecule has 3 aliphatic rings. The molecule has 2 heterocycles. The highest BCUT2D eigenvalue weighted by atomic mass is 32.2. The van der Waals surface area contributed by atoms with E-state index in [4.69, 9.17) is 0 Å². The Kier molecular flexibility index (Phi) is 7.99. The number of nitrogens with one attached hydrogen (secondary N) is 2. The number of aldehydes is 1. The van der Waals surface area contributed by atoms with Crippen molar-refractivity contribution < 1.29 is 22.4 Å². The molecule has 1 saturated heterocycles. The highest BCUT2D eigenvalue weighted by molar-refractivity contribution is 7.99. The van der Waals surface area contributed by atoms with Crippen molar-refractivity contribution in [1.82, 2.24) is 20.5 Å². The fourth-order valence-electron chi connectivity index (χ4n) is 5.14. The standard InChI is InChI=1S/C25H31F4N5OS/c1-30-21(6-3-4-12-35)22-31-32-23(33(22)2)36-13-5-10-34-11-9-24(16-34)15-19(24)18-8-7-17(14-20(18)26)25(27,28)29/h3-4,6-8,12,14,19,23,30,32H,5,9-11,13,15-16H2,1-2H3/b4-3-,21-6-/t19?,23?,24-/m0/s1. The number of likely N-dealkylation sites (tertiary alicyclic amines) is 1. The van der Waals surface area contributed by atoms with Gasteiger partial charge in [0.1, 0.15) is 12.1 Å². The third-order valence-corrected chi connectivity index (χ3v) is 8.44. The van der Waals surface area contributed by atoms with Gasteiger partial charge in [-0.3, -0.25) is 10.2 Å². The zero-order valence-corrected chi connectivity index (χ0v) is 21.1. The van der Waals surface area contributed by atoms with E-state index in [9.17, 15) is 22.4 Å². The molecule has 1 aromatic rings. The number of alkyl halides is 3. The van der Waals surface area contributed by atoms with E-state index < -0.39 is 17.6 Å². The van der Waals surface area contributed by atoms with Crippen molar-refractivity contribution in [1.29, 1.82) is 0 Å². The number of hydrazone groups is 1. The van der Waals surface area contributed by atoms with Gasteiger partial charge in [0.15, 0.2) is 11.3 Å². The van der Waals surface area contributed by atoms with Crippen molar-refractivity contribution >= 4 is 23.9 Å². The Balaban J connectivity index is 1.21. The Morgan fingerprint density at radius 2 is 2.17 bits per heavy atom. The lowest BCUT2D eigenvalue weighted by Crippen LogP contribution is -2.37. The van der Waals surface area contributed by atoms with E-state index in [1.807, 2.05) is 11.9 Å². The quantitative estimate of drug-likeness (QED) is 0.158. The number of nitrogens with zero attached hydrogens (tertiary/aromatic N) is 3. The lowest BCUT2D eigenvalue weighted by Gasteiger charge is -2.23. The first-order valence-corrected chi connectivity index (χ1v) is 13.0. The zero-order valence-electron chi connectivity index (χ0n) is 20.3. The van der Waals surface area contributed by atoms with Crippen LogP contribution in [0.15, 0.2) is 47.2 Å². The molecule has 1 saturated carbocycles. The minimum atomic E-state index is -4.53. The molecule has 196 valence electrons. The van der Waals surface area contributed by atoms with E-state index in [1.54, 1.807) is 31.0 Å². The molecule has 0 radical (unpaired) electrons. The minimum absolute atomic E-state index is 0.00173. The second kappa shape index (κ2) is 10.8. The molecule has 0 amide bonds. The van der Waals surface area contributed by atoms with Crippen LogP contribution in [0.2, 0.25) is 0 Å². The van der Waals surface area contributed by atoms with Gasteiger partial charge in [0.25, 0.3) is 0 Å². The molecule has 1 aromatic carbocycles. The van der Waals surface area contributed by atoms with Crippen molar-refractivity contribution in [3.63, 3.8) is 0 Å². The summed E-state index contributed by atoms with van der Waals surface area (Å²) >= 11 is 1.76. The van der Waals surface area contributed by atoms with Crippen LogP contribution in [0.4, 0.5) is 17.6 Å². The Morgan fingerprint density at radius 1 is 1.36 bits per heavy atom. The second-order valence-corrected chi connectivity index (χ2v) is 10.7. The number of allylic oxidation sites excluding steroid dienone is 3. The number of benzene rings is 1. The third-order valence-electron chi connectivity index (χ3n) is 7.18. The van der Waals surface area contributed by atoms with Crippen LogP contribution in [0.25, 0.3) is 0 Å². The Hall–Kier alpha value is -2.53. The molecule has 4 rings (SSSR count). The van der Waals surface area contributed by atoms with Gasteiger partial charge in [-0.2, -0.15) is 18.3 Å². The lowest BCUT2D eigenvalue weighted by molar-refractivity contribution is -0.137. The molecule has 2 unspecified atom stereocenters. The number of hydrogen-bond acceptors (Lipinski definition) is 7. The summed E-state index contributed by atoms with van der Waals surface area (Å²) in [6, 6.07) is 2.95. The summed E-state index contributed by atoms with van der Waals surface area (Å²) in [6.45, 7) is 2.73. The third kappa shape index (κ3) is 5.72. The number of amidine groups is 1. The summed E-state index contributed by atoms with van der Waals surface area (Å²) in [5, 5.41) is 7.50. The highest BCUT2D eigenvalue weighted by Gasteiger charge is 2.58. The van der Waals surface area contributed by atoms with Gasteiger partial charge in [-0.05, 0) is 79.3 Å². The number of rotatable bonds is 10. The van der Waals surface area contributed by atoms with Crippen LogP contribution in [0.5, 0.6) is 0 Å². The van der Waals surface area contributed by atoms with Crippen LogP contribution in [-0.2, 0) is 11.0 Å². The second-order valence-electron chi connectivity index (χ2n) is 9.48. The van der Waals surface area contributed by atoms with Gasteiger partial charge in [-0.25, -0.2) is 4.39 Å². The van der Waals surface area contributed by atoms with Gasteiger partial charge in [0, 0.05) is 20.6 Å². The predicted octanol–water partition coefficient (Wildman–Crippen LogP) is 4.14. The normalized spacial score (nSPS) is 26.6. The summed E-state index contributed by atoms with van der Waals surface area (Å²) in [4.78, 5) is 14.9. The van der Waals surface area contributed by atoms with Gasteiger partial charge < -0.3 is 15.1 Å². The summed E-state index contributed by atoms with van der Waals surface area (Å²) < 4.78 is 53.0. The molecule has 2 fully saturated rings. The molecular weight excluding hydrogens is 494 g/mol. The maximum Gasteiger partial charge on any atom is 0.416 e. The Bertz CT molecular complexity index is 1060. The topological polar surface area (TPSA) is 60.0 Å². The average Bonchev–Trinajstić information content (AvgIpc) is 3.17. The summed E-state index contributed by atoms with van der Waals surface area (Å²) in [7, 11) is 3.76. The fourth-order valence-corrected chi connectivity index (χ4v) is 6.11. The zero-order chi connectivity index (χ0) is 25.9. The fraction of sp³-hybridized carbons (Fsp3) is 0.520. The van der Waals surface area contributed by atoms with E-state index in [1.165, 1.54) is 12.1 Å². The van der Waals surface area contributed by atoms with E-state index in [0.717, 1.165) is 68.5 Å². The van der Waals surface area contributed by atoms with Gasteiger partial charge in [0.2, 0.25) is 0 Å². The van der Waals surface area contributed by atoms with Gasteiger partial charge in [-0.1, -0.05) is 12.1 Å². The molecule has 1 spiro atoms. The predicted molar refractivity (Wildman–Crippen MR) is 134 cm³/mol. The molecular formula is C25H31F4N5OS. The van der Waals surface area contributed by atoms with E-state index in [-0.39, 0.29) is 16.8 Å². The average molecular weight is 526 g/mol. The SMILES string of the molecule is CN/C(=C\C=C/C=O)C1=NNC(SCCCN2CC[C@]3(CC3c3ccc(C(F)(F)F)cc3F)C2)N1C. The van der Waals surface area contributed by atoms with Crippen molar-refractivity contribution in [3.05, 3.63) is 59.1 Å². The molecule has 1 aliphatic carbocycles. The largest absolute Gasteiger partial charge is 0.416 e. The van der Waals surface area contributed by atoms with Crippen LogP contribution in [0.3, 0.4) is 0 Å². The first kappa shape index (κ1) is 26.5. The van der Waals surface area contributed by atoms with E-state index >= 15 is 0 Å². The van der Waals surface area contributed by atoms with Crippen LogP contribution >= 0.6 is 11.8 Å². The van der Waals surface area contributed by atoms with Crippen molar-refractivity contribution in [2.45, 2.75) is 36.9 Å². The van der Waals surface area contributed by atoms with E-state index in [2.05, 4.69) is 20.7 Å². The monoisotopic (exact) mass is 525 g/mol. The first-order valence-electron chi connectivity index (χ1n) is 12.0. The molecule has 36 heavy (non-hydrogen) atoms. The number of halogens is 4. The summed E-state index contributed by atoms with van der Waals surface area (Å²) in [6.07, 6.45) is 3.84. The van der Waals surface area contributed by atoms with Crippen LogP contribution in [0, 0.1) is 11.2 Å². The van der Waals surface area contributed by atoms with Gasteiger partial charge >= 0.3 is 6.18 Å². The van der Waals surface area contributed by atoms with Crippen LogP contribution < -0.4 is 10.7 Å². The molecule has 2 N–H and O–H groups in total. The van der Waals surface area contributed by atoms with Crippen molar-refractivity contribution in [2.75, 3.05) is 39.5 Å². The summed E-state index contributed by atoms with van der Waals surface area (Å²) in [5.74, 6) is 0.950. The van der Waals surface area contributed by atoms with E-state index in [0.29, 0.717) is 11.6 Å². The van der Waals surface area contributed by atoms with Gasteiger partial charge in [-0.15, -0.1) is 11.8 Å². The number of likely N-dealkylation sites (N-methyl/N-ethyl adjacent to an activating group) is 2. The Labute approximate surface area is 212 Å². The molecule has 0 bridgehead atoms. The smallest absolute Gasteiger partial charge is 0.385 e. The minimum Gasteiger partial charge on any atom is -0.385 e. The molecule has 2 aliphatic heterocycles. The number of carbonyl (C=O) groups excluding carboxylic acids is 1. The Morgan fingerprint density at radius 3 is 2.86 bits per heavy atom. The maximum atomic E-state index is 14.5. The molecule has 6 nitrogen and oxygen atoms in total. The number of hydrogen-bond donors (Lipinski definition) is 2. The molecule has 3 atom stereocenters. The first-order chi connectivity index (χ1) is 17.2. The number of thioether (sulfide) groups is 1. The van der Waals surface area contributed by atoms with Crippen molar-refractivity contribution in [3.8, 4) is 0 Å². The van der Waals surface area contributed by atoms with Crippen LogP contribution in [0.1, 0.15) is 36.3 Å². The van der Waals surface area contributed by atoms with Crippen LogP contribution in [-0.4, -0.2) is 66.9 Å². The number of carbonyl (C=O) groups is 1. The lowest BCUT2D eigenvalue weighted by atomic mass is 9.97. The highest BCUT2D eigenvalue weighted by Crippen LogP contribution is 2.64. The molecule has 0 aromatic heterocycles.